The zero-order valence-electron chi connectivity index (χ0n) is 18.2. The Morgan fingerprint density at radius 1 is 1.31 bits per heavy atom. The second-order valence-electron chi connectivity index (χ2n) is 8.51. The van der Waals surface area contributed by atoms with Crippen molar-refractivity contribution in [2.24, 2.45) is 5.10 Å². The normalized spacial score (nSPS) is 25.0. The van der Waals surface area contributed by atoms with Gasteiger partial charge in [-0.2, -0.15) is 5.10 Å². The van der Waals surface area contributed by atoms with Crippen LogP contribution >= 0.6 is 0 Å². The fourth-order valence-corrected chi connectivity index (χ4v) is 6.10. The molecule has 0 unspecified atom stereocenters. The Balaban J connectivity index is 1.55. The first-order valence-electron chi connectivity index (χ1n) is 11.0. The van der Waals surface area contributed by atoms with Crippen LogP contribution < -0.4 is 4.74 Å². The van der Waals surface area contributed by atoms with Gasteiger partial charge in [-0.15, -0.1) is 0 Å². The van der Waals surface area contributed by atoms with Crippen molar-refractivity contribution in [1.82, 2.24) is 9.91 Å². The van der Waals surface area contributed by atoms with Gasteiger partial charge in [0, 0.05) is 32.5 Å². The van der Waals surface area contributed by atoms with Crippen LogP contribution in [0.15, 0.2) is 29.4 Å². The van der Waals surface area contributed by atoms with Crippen molar-refractivity contribution < 1.29 is 27.5 Å². The molecule has 32 heavy (non-hydrogen) atoms. The average Bonchev–Trinajstić information content (AvgIpc) is 3.42. The highest BCUT2D eigenvalue weighted by atomic mass is 32.2. The van der Waals surface area contributed by atoms with Gasteiger partial charge in [-0.3, -0.25) is 9.59 Å². The lowest BCUT2D eigenvalue weighted by Crippen LogP contribution is -2.46. The van der Waals surface area contributed by atoms with Crippen LogP contribution in [-0.2, 0) is 30.7 Å². The lowest BCUT2D eigenvalue weighted by atomic mass is 10.1. The van der Waals surface area contributed by atoms with Crippen LogP contribution in [0.1, 0.15) is 37.7 Å². The smallest absolute Gasteiger partial charge is 0.270 e. The SMILES string of the molecule is COc1cccc(CN(C[C@@H]2CCCO2)C(=O)C2=NN([C@@H]3CCS(=O)(=O)C3)C(=O)CC2)c1. The molecule has 3 aliphatic heterocycles. The van der Waals surface area contributed by atoms with Gasteiger partial charge in [-0.1, -0.05) is 12.1 Å². The summed E-state index contributed by atoms with van der Waals surface area (Å²) in [6.07, 6.45) is 2.56. The molecule has 10 heteroatoms. The van der Waals surface area contributed by atoms with Crippen LogP contribution in [-0.4, -0.2) is 79.8 Å². The second-order valence-corrected chi connectivity index (χ2v) is 10.7. The largest absolute Gasteiger partial charge is 0.497 e. The number of rotatable bonds is 7. The molecule has 1 aromatic carbocycles. The summed E-state index contributed by atoms with van der Waals surface area (Å²) in [4.78, 5) is 27.6. The standard InChI is InChI=1S/C22H29N3O6S/c1-30-18-5-2-4-16(12-18)13-24(14-19-6-3-10-31-19)22(27)20-7-8-21(26)25(23-20)17-9-11-32(28,29)15-17/h2,4-5,12,17,19H,3,6-11,13-15H2,1H3/t17-,19+/m1/s1. The summed E-state index contributed by atoms with van der Waals surface area (Å²) in [5.74, 6) is 0.166. The summed E-state index contributed by atoms with van der Waals surface area (Å²) in [7, 11) is -1.58. The number of ether oxygens (including phenoxy) is 2. The molecule has 3 heterocycles. The maximum atomic E-state index is 13.5. The molecule has 0 bridgehead atoms. The molecule has 0 saturated carbocycles. The maximum absolute atomic E-state index is 13.5. The van der Waals surface area contributed by atoms with Gasteiger partial charge in [-0.05, 0) is 37.0 Å². The predicted octanol–water partition coefficient (Wildman–Crippen LogP) is 1.37. The molecular formula is C22H29N3O6S. The highest BCUT2D eigenvalue weighted by molar-refractivity contribution is 7.91. The number of hydrogen-bond acceptors (Lipinski definition) is 7. The third kappa shape index (κ3) is 5.29. The van der Waals surface area contributed by atoms with Crippen LogP contribution in [0, 0.1) is 0 Å². The summed E-state index contributed by atoms with van der Waals surface area (Å²) in [6.45, 7) is 1.48. The van der Waals surface area contributed by atoms with Gasteiger partial charge in [0.25, 0.3) is 5.91 Å². The van der Waals surface area contributed by atoms with Gasteiger partial charge in [0.2, 0.25) is 5.91 Å². The predicted molar refractivity (Wildman–Crippen MR) is 118 cm³/mol. The van der Waals surface area contributed by atoms with Crippen LogP contribution in [0.5, 0.6) is 5.75 Å². The van der Waals surface area contributed by atoms with E-state index in [1.165, 1.54) is 5.01 Å². The molecule has 0 radical (unpaired) electrons. The third-order valence-corrected chi connectivity index (χ3v) is 7.85. The molecule has 9 nitrogen and oxygen atoms in total. The van der Waals surface area contributed by atoms with Gasteiger partial charge in [-0.25, -0.2) is 13.4 Å². The van der Waals surface area contributed by atoms with E-state index in [0.29, 0.717) is 31.9 Å². The molecule has 2 atom stereocenters. The molecule has 4 rings (SSSR count). The fourth-order valence-electron chi connectivity index (χ4n) is 4.41. The van der Waals surface area contributed by atoms with Gasteiger partial charge >= 0.3 is 0 Å². The topological polar surface area (TPSA) is 106 Å². The minimum atomic E-state index is -3.17. The first kappa shape index (κ1) is 22.7. The summed E-state index contributed by atoms with van der Waals surface area (Å²) in [5, 5.41) is 5.59. The number of hydrazone groups is 1. The molecule has 174 valence electrons. The molecule has 1 aromatic rings. The lowest BCUT2D eigenvalue weighted by molar-refractivity contribution is -0.134. The summed E-state index contributed by atoms with van der Waals surface area (Å²) < 4.78 is 34.8. The molecule has 2 amide bonds. The van der Waals surface area contributed by atoms with Gasteiger partial charge in [0.1, 0.15) is 11.5 Å². The zero-order chi connectivity index (χ0) is 22.7. The van der Waals surface area contributed by atoms with E-state index in [-0.39, 0.29) is 48.0 Å². The molecule has 0 N–H and O–H groups in total. The minimum absolute atomic E-state index is 0.0357. The van der Waals surface area contributed by atoms with Gasteiger partial charge in [0.05, 0.1) is 30.8 Å². The highest BCUT2D eigenvalue weighted by Crippen LogP contribution is 2.24. The summed E-state index contributed by atoms with van der Waals surface area (Å²) in [6, 6.07) is 7.04. The number of benzene rings is 1. The molecule has 0 spiro atoms. The van der Waals surface area contributed by atoms with E-state index in [0.717, 1.165) is 18.4 Å². The van der Waals surface area contributed by atoms with Crippen molar-refractivity contribution in [1.29, 1.82) is 0 Å². The number of hydrogen-bond donors (Lipinski definition) is 0. The highest BCUT2D eigenvalue weighted by Gasteiger charge is 2.38. The molecular weight excluding hydrogens is 434 g/mol. The van der Waals surface area contributed by atoms with E-state index in [4.69, 9.17) is 9.47 Å². The van der Waals surface area contributed by atoms with E-state index < -0.39 is 15.9 Å². The number of methoxy groups -OCH3 is 1. The van der Waals surface area contributed by atoms with Crippen molar-refractivity contribution in [3.05, 3.63) is 29.8 Å². The Morgan fingerprint density at radius 2 is 2.16 bits per heavy atom. The second kappa shape index (κ2) is 9.58. The molecule has 3 aliphatic rings. The quantitative estimate of drug-likeness (QED) is 0.605. The van der Waals surface area contributed by atoms with E-state index >= 15 is 0 Å². The maximum Gasteiger partial charge on any atom is 0.270 e. The first-order valence-corrected chi connectivity index (χ1v) is 12.8. The molecule has 2 fully saturated rings. The Bertz CT molecular complexity index is 1000. The number of amides is 2. The Kier molecular flexibility index (Phi) is 6.80. The van der Waals surface area contributed by atoms with E-state index in [2.05, 4.69) is 5.10 Å². The monoisotopic (exact) mass is 463 g/mol. The van der Waals surface area contributed by atoms with Crippen LogP contribution in [0.2, 0.25) is 0 Å². The van der Waals surface area contributed by atoms with E-state index in [1.54, 1.807) is 12.0 Å². The molecule has 2 saturated heterocycles. The number of sulfone groups is 1. The Labute approximate surface area is 188 Å². The van der Waals surface area contributed by atoms with E-state index in [9.17, 15) is 18.0 Å². The van der Waals surface area contributed by atoms with Crippen LogP contribution in [0.4, 0.5) is 0 Å². The molecule has 0 aliphatic carbocycles. The van der Waals surface area contributed by atoms with Crippen molar-refractivity contribution in [2.45, 2.75) is 50.8 Å². The Hall–Kier alpha value is -2.46. The summed E-state index contributed by atoms with van der Waals surface area (Å²) >= 11 is 0. The van der Waals surface area contributed by atoms with Crippen molar-refractivity contribution in [3.63, 3.8) is 0 Å². The first-order chi connectivity index (χ1) is 15.3. The number of carbonyl (C=O) groups excluding carboxylic acids is 2. The minimum Gasteiger partial charge on any atom is -0.497 e. The Morgan fingerprint density at radius 3 is 2.84 bits per heavy atom. The van der Waals surface area contributed by atoms with Crippen LogP contribution in [0.25, 0.3) is 0 Å². The zero-order valence-corrected chi connectivity index (χ0v) is 19.1. The summed E-state index contributed by atoms with van der Waals surface area (Å²) in [5.41, 5.74) is 1.21. The average molecular weight is 464 g/mol. The lowest BCUT2D eigenvalue weighted by Gasteiger charge is -2.31. The third-order valence-electron chi connectivity index (χ3n) is 6.10. The molecule has 0 aromatic heterocycles. The van der Waals surface area contributed by atoms with Crippen molar-refractivity contribution in [2.75, 3.05) is 31.8 Å². The number of nitrogens with zero attached hydrogens (tertiary/aromatic N) is 3. The van der Waals surface area contributed by atoms with Crippen LogP contribution in [0.3, 0.4) is 0 Å². The van der Waals surface area contributed by atoms with Gasteiger partial charge in [0.15, 0.2) is 9.84 Å². The van der Waals surface area contributed by atoms with Crippen molar-refractivity contribution >= 4 is 27.4 Å². The fraction of sp³-hybridized carbons (Fsp3) is 0.591. The van der Waals surface area contributed by atoms with Gasteiger partial charge < -0.3 is 14.4 Å². The van der Waals surface area contributed by atoms with Crippen molar-refractivity contribution in [3.8, 4) is 5.75 Å². The number of carbonyl (C=O) groups is 2. The van der Waals surface area contributed by atoms with E-state index in [1.807, 2.05) is 24.3 Å².